The Balaban J connectivity index is 1.97. The summed E-state index contributed by atoms with van der Waals surface area (Å²) in [5.74, 6) is -0.309. The zero-order valence-corrected chi connectivity index (χ0v) is 17.5. The van der Waals surface area contributed by atoms with Gasteiger partial charge in [0.15, 0.2) is 0 Å². The number of nitrogens with one attached hydrogen (secondary N) is 2. The largest absolute Gasteiger partial charge is 0.352 e. The van der Waals surface area contributed by atoms with Gasteiger partial charge in [-0.25, -0.2) is 0 Å². The van der Waals surface area contributed by atoms with E-state index in [-0.39, 0.29) is 23.3 Å². The molecule has 2 N–H and O–H groups in total. The third-order valence-corrected chi connectivity index (χ3v) is 5.42. The van der Waals surface area contributed by atoms with Gasteiger partial charge >= 0.3 is 0 Å². The molecule has 0 saturated carbocycles. The van der Waals surface area contributed by atoms with Gasteiger partial charge in [-0.2, -0.15) is 0 Å². The number of aryl methyl sites for hydroxylation is 1. The van der Waals surface area contributed by atoms with Crippen LogP contribution in [0.3, 0.4) is 0 Å². The fourth-order valence-electron chi connectivity index (χ4n) is 3.57. The summed E-state index contributed by atoms with van der Waals surface area (Å²) in [4.78, 5) is 27.8. The number of nitrogens with zero attached hydrogens (tertiary/aromatic N) is 1. The van der Waals surface area contributed by atoms with E-state index in [0.29, 0.717) is 12.1 Å². The molecule has 1 fully saturated rings. The van der Waals surface area contributed by atoms with E-state index in [1.165, 1.54) is 19.3 Å². The van der Waals surface area contributed by atoms with Crippen LogP contribution >= 0.6 is 0 Å². The normalized spacial score (nSPS) is 16.8. The van der Waals surface area contributed by atoms with E-state index in [1.54, 1.807) is 6.07 Å². The quantitative estimate of drug-likeness (QED) is 0.772. The van der Waals surface area contributed by atoms with Gasteiger partial charge in [0.05, 0.1) is 0 Å². The van der Waals surface area contributed by atoms with Gasteiger partial charge < -0.3 is 10.6 Å². The second-order valence-electron chi connectivity index (χ2n) is 8.64. The maximum absolute atomic E-state index is 12.8. The van der Waals surface area contributed by atoms with Crippen molar-refractivity contribution in [3.8, 4) is 0 Å². The molecule has 150 valence electrons. The first kappa shape index (κ1) is 21.4. The monoisotopic (exact) mass is 373 g/mol. The summed E-state index contributed by atoms with van der Waals surface area (Å²) in [6.45, 7) is 13.0. The smallest absolute Gasteiger partial charge is 0.251 e. The molecule has 1 aromatic carbocycles. The van der Waals surface area contributed by atoms with Gasteiger partial charge in [0.2, 0.25) is 5.91 Å². The Bertz CT molecular complexity index is 649. The summed E-state index contributed by atoms with van der Waals surface area (Å²) in [6, 6.07) is 6.87. The molecule has 1 unspecified atom stereocenters. The van der Waals surface area contributed by atoms with Crippen LogP contribution in [0.25, 0.3) is 0 Å². The molecule has 0 bridgehead atoms. The molecule has 27 heavy (non-hydrogen) atoms. The molecule has 0 spiro atoms. The fraction of sp³-hybridized carbons (Fsp3) is 0.636. The van der Waals surface area contributed by atoms with Crippen molar-refractivity contribution in [3.63, 3.8) is 0 Å². The minimum atomic E-state index is -0.546. The van der Waals surface area contributed by atoms with Crippen molar-refractivity contribution in [3.05, 3.63) is 35.4 Å². The first-order valence-corrected chi connectivity index (χ1v) is 10.1. The van der Waals surface area contributed by atoms with Crippen LogP contribution in [-0.2, 0) is 4.79 Å². The Hall–Kier alpha value is -1.88. The standard InChI is InChI=1S/C22H35N3O2/c1-16(2)19(24-20(26)18-11-9-10-17(3)14-18)21(27)23-15-22(4,5)25-12-7-6-8-13-25/h9-11,14,16,19H,6-8,12-13,15H2,1-5H3,(H,23,27)(H,24,26). The number of carbonyl (C=O) groups excluding carboxylic acids is 2. The highest BCUT2D eigenvalue weighted by Crippen LogP contribution is 2.20. The molecule has 2 amide bonds. The Morgan fingerprint density at radius 2 is 1.81 bits per heavy atom. The molecule has 1 aliphatic heterocycles. The molecule has 0 radical (unpaired) electrons. The number of rotatable bonds is 7. The molecule has 2 rings (SSSR count). The van der Waals surface area contributed by atoms with E-state index in [0.717, 1.165) is 18.7 Å². The Kier molecular flexibility index (Phi) is 7.42. The number of amides is 2. The van der Waals surface area contributed by atoms with Crippen molar-refractivity contribution in [1.29, 1.82) is 0 Å². The Morgan fingerprint density at radius 3 is 2.41 bits per heavy atom. The average molecular weight is 374 g/mol. The van der Waals surface area contributed by atoms with E-state index in [2.05, 4.69) is 29.4 Å². The molecule has 1 heterocycles. The van der Waals surface area contributed by atoms with Gasteiger partial charge in [-0.1, -0.05) is 38.0 Å². The predicted octanol–water partition coefficient (Wildman–Crippen LogP) is 3.13. The van der Waals surface area contributed by atoms with Gasteiger partial charge in [-0.15, -0.1) is 0 Å². The second-order valence-corrected chi connectivity index (χ2v) is 8.64. The number of benzene rings is 1. The fourth-order valence-corrected chi connectivity index (χ4v) is 3.57. The summed E-state index contributed by atoms with van der Waals surface area (Å²) in [7, 11) is 0. The molecule has 1 aromatic rings. The van der Waals surface area contributed by atoms with Crippen molar-refractivity contribution >= 4 is 11.8 Å². The minimum Gasteiger partial charge on any atom is -0.352 e. The molecule has 0 aromatic heterocycles. The van der Waals surface area contributed by atoms with Crippen molar-refractivity contribution < 1.29 is 9.59 Å². The summed E-state index contributed by atoms with van der Waals surface area (Å²) >= 11 is 0. The van der Waals surface area contributed by atoms with Crippen LogP contribution in [0.4, 0.5) is 0 Å². The Labute approximate surface area is 163 Å². The summed E-state index contributed by atoms with van der Waals surface area (Å²) in [5, 5.41) is 5.99. The zero-order chi connectivity index (χ0) is 20.0. The second kappa shape index (κ2) is 9.36. The highest BCUT2D eigenvalue weighted by molar-refractivity contribution is 5.97. The van der Waals surface area contributed by atoms with Gasteiger partial charge in [-0.3, -0.25) is 14.5 Å². The van der Waals surface area contributed by atoms with Crippen molar-refractivity contribution in [2.45, 2.75) is 65.5 Å². The third kappa shape index (κ3) is 6.06. The summed E-state index contributed by atoms with van der Waals surface area (Å²) < 4.78 is 0. The lowest BCUT2D eigenvalue weighted by Gasteiger charge is -2.41. The SMILES string of the molecule is Cc1cccc(C(=O)NC(C(=O)NCC(C)(C)N2CCCCC2)C(C)C)c1. The highest BCUT2D eigenvalue weighted by atomic mass is 16.2. The van der Waals surface area contributed by atoms with Gasteiger partial charge in [0.25, 0.3) is 5.91 Å². The maximum atomic E-state index is 12.8. The van der Waals surface area contributed by atoms with Crippen LogP contribution in [0.5, 0.6) is 0 Å². The van der Waals surface area contributed by atoms with Crippen LogP contribution in [0.15, 0.2) is 24.3 Å². The van der Waals surface area contributed by atoms with E-state index in [4.69, 9.17) is 0 Å². The van der Waals surface area contributed by atoms with Crippen LogP contribution in [0, 0.1) is 12.8 Å². The molecule has 1 saturated heterocycles. The number of piperidine rings is 1. The molecule has 5 heteroatoms. The van der Waals surface area contributed by atoms with Crippen molar-refractivity contribution in [1.82, 2.24) is 15.5 Å². The lowest BCUT2D eigenvalue weighted by atomic mass is 9.97. The van der Waals surface area contributed by atoms with Crippen molar-refractivity contribution in [2.75, 3.05) is 19.6 Å². The average Bonchev–Trinajstić information content (AvgIpc) is 2.64. The molecule has 5 nitrogen and oxygen atoms in total. The third-order valence-electron chi connectivity index (χ3n) is 5.42. The first-order valence-electron chi connectivity index (χ1n) is 10.1. The molecule has 1 atom stereocenters. The van der Waals surface area contributed by atoms with E-state index in [9.17, 15) is 9.59 Å². The van der Waals surface area contributed by atoms with E-state index < -0.39 is 6.04 Å². The summed E-state index contributed by atoms with van der Waals surface area (Å²) in [5.41, 5.74) is 1.52. The molecule has 1 aliphatic rings. The predicted molar refractivity (Wildman–Crippen MR) is 110 cm³/mol. The number of hydrogen-bond acceptors (Lipinski definition) is 3. The lowest BCUT2D eigenvalue weighted by molar-refractivity contribution is -0.124. The van der Waals surface area contributed by atoms with Gasteiger partial charge in [-0.05, 0) is 64.8 Å². The molecular formula is C22H35N3O2. The van der Waals surface area contributed by atoms with Crippen LogP contribution in [-0.4, -0.2) is 47.9 Å². The van der Waals surface area contributed by atoms with Gasteiger partial charge in [0.1, 0.15) is 6.04 Å². The topological polar surface area (TPSA) is 61.4 Å². The Morgan fingerprint density at radius 1 is 1.15 bits per heavy atom. The van der Waals surface area contributed by atoms with Gasteiger partial charge in [0, 0.05) is 17.6 Å². The lowest BCUT2D eigenvalue weighted by Crippen LogP contribution is -2.57. The highest BCUT2D eigenvalue weighted by Gasteiger charge is 2.30. The number of carbonyl (C=O) groups is 2. The van der Waals surface area contributed by atoms with E-state index >= 15 is 0 Å². The van der Waals surface area contributed by atoms with Crippen LogP contribution in [0.2, 0.25) is 0 Å². The number of hydrogen-bond donors (Lipinski definition) is 2. The van der Waals surface area contributed by atoms with E-state index in [1.807, 2.05) is 39.0 Å². The van der Waals surface area contributed by atoms with Crippen LogP contribution in [0.1, 0.15) is 62.9 Å². The van der Waals surface area contributed by atoms with Crippen molar-refractivity contribution in [2.24, 2.45) is 5.92 Å². The maximum Gasteiger partial charge on any atom is 0.251 e. The molecular weight excluding hydrogens is 338 g/mol. The first-order chi connectivity index (χ1) is 12.7. The summed E-state index contributed by atoms with van der Waals surface area (Å²) in [6.07, 6.45) is 3.73. The number of likely N-dealkylation sites (tertiary alicyclic amines) is 1. The minimum absolute atomic E-state index is 0.0110. The molecule has 0 aliphatic carbocycles. The van der Waals surface area contributed by atoms with Crippen LogP contribution < -0.4 is 10.6 Å². The zero-order valence-electron chi connectivity index (χ0n) is 17.5.